The molecule has 0 atom stereocenters. The molecule has 0 saturated heterocycles. The third-order valence-electron chi connectivity index (χ3n) is 14.5. The van der Waals surface area contributed by atoms with Gasteiger partial charge >= 0.3 is 0 Å². The van der Waals surface area contributed by atoms with E-state index in [0.717, 1.165) is 22.3 Å². The van der Waals surface area contributed by atoms with Crippen LogP contribution in [0.25, 0.3) is 24.3 Å². The van der Waals surface area contributed by atoms with Gasteiger partial charge in [-0.25, -0.2) is 0 Å². The fraction of sp³-hybridized carbons (Fsp3) is 0.718. The van der Waals surface area contributed by atoms with Crippen molar-refractivity contribution in [3.63, 3.8) is 0 Å². The summed E-state index contributed by atoms with van der Waals surface area (Å²) in [6.07, 6.45) is 5.47. The lowest BCUT2D eigenvalue weighted by Gasteiger charge is -2.27. The van der Waals surface area contributed by atoms with Crippen molar-refractivity contribution in [3.05, 3.63) is 88.5 Å². The number of rotatable bonds is 81. The molecule has 0 unspecified atom stereocenters. The molecule has 0 aliphatic heterocycles. The molecule has 0 heterocycles. The minimum atomic E-state index is -0.773. The van der Waals surface area contributed by atoms with Gasteiger partial charge in [0.1, 0.15) is 18.3 Å². The molecule has 3 aromatic carbocycles. The maximum atomic E-state index is 7.18. The Morgan fingerprint density at radius 2 is 0.430 bits per heavy atom. The largest absolute Gasteiger partial charge is 0.482 e. The van der Waals surface area contributed by atoms with E-state index in [9.17, 15) is 0 Å². The maximum absolute atomic E-state index is 7.18. The van der Waals surface area contributed by atoms with Gasteiger partial charge in [-0.3, -0.25) is 0 Å². The first-order chi connectivity index (χ1) is 52.9. The predicted octanol–water partition coefficient (Wildman–Crippen LogP) is 7.52. The lowest BCUT2D eigenvalue weighted by molar-refractivity contribution is -0.140. The Hall–Kier alpha value is -4.50. The first-order valence-corrected chi connectivity index (χ1v) is 37.2. The molecule has 0 radical (unpaired) electrons. The van der Waals surface area contributed by atoms with E-state index in [1.54, 1.807) is 42.7 Å². The highest BCUT2D eigenvalue weighted by molar-refractivity contribution is 5.74. The van der Waals surface area contributed by atoms with Crippen LogP contribution in [0.3, 0.4) is 0 Å². The number of hydrogen-bond acceptors (Lipinski definition) is 29. The molecule has 0 aromatic heterocycles. The molecule has 0 aliphatic rings. The molecule has 29 heteroatoms. The molecule has 3 aromatic rings. The van der Waals surface area contributed by atoms with E-state index in [2.05, 4.69) is 48.6 Å². The van der Waals surface area contributed by atoms with Gasteiger partial charge in [-0.15, -0.1) is 0 Å². The van der Waals surface area contributed by atoms with Crippen LogP contribution in [0.1, 0.15) is 48.0 Å². The first kappa shape index (κ1) is 96.7. The summed E-state index contributed by atoms with van der Waals surface area (Å²) in [6.45, 7) is 18.9. The topological polar surface area (TPSA) is 268 Å². The lowest BCUT2D eigenvalue weighted by atomic mass is 10.1. The van der Waals surface area contributed by atoms with Crippen LogP contribution in [0.4, 0.5) is 0 Å². The van der Waals surface area contributed by atoms with E-state index in [4.69, 9.17) is 137 Å². The van der Waals surface area contributed by atoms with Gasteiger partial charge in [0.25, 0.3) is 0 Å². The second kappa shape index (κ2) is 73.0. The average Bonchev–Trinajstić information content (AvgIpc) is 0.807. The quantitative estimate of drug-likeness (QED) is 0.0300. The second-order valence-corrected chi connectivity index (χ2v) is 23.1. The van der Waals surface area contributed by atoms with Crippen LogP contribution in [-0.2, 0) is 123 Å². The number of hydrogen-bond donors (Lipinski definition) is 0. The van der Waals surface area contributed by atoms with E-state index in [1.807, 2.05) is 50.3 Å². The van der Waals surface area contributed by atoms with Gasteiger partial charge in [0.2, 0.25) is 5.75 Å². The fourth-order valence-electron chi connectivity index (χ4n) is 9.05. The molecular weight excluding hydrogens is 1400 g/mol. The Morgan fingerprint density at radius 1 is 0.234 bits per heavy atom. The smallest absolute Gasteiger partial charge is 0.204 e. The van der Waals surface area contributed by atoms with Crippen molar-refractivity contribution in [3.8, 4) is 17.2 Å². The van der Waals surface area contributed by atoms with Crippen LogP contribution in [-0.4, -0.2) is 352 Å². The summed E-state index contributed by atoms with van der Waals surface area (Å²) in [4.78, 5) is 0. The minimum Gasteiger partial charge on any atom is -0.482 e. The van der Waals surface area contributed by atoms with Gasteiger partial charge in [-0.1, -0.05) is 72.8 Å². The number of benzene rings is 3. The molecule has 0 bridgehead atoms. The van der Waals surface area contributed by atoms with Crippen molar-refractivity contribution in [2.24, 2.45) is 0 Å². The molecular formula is C78H130O29. The zero-order valence-corrected chi connectivity index (χ0v) is 65.3. The third kappa shape index (κ3) is 54.7. The van der Waals surface area contributed by atoms with Crippen LogP contribution in [0.2, 0.25) is 0 Å². The lowest BCUT2D eigenvalue weighted by Crippen LogP contribution is -2.33. The van der Waals surface area contributed by atoms with Gasteiger partial charge in [0.05, 0.1) is 277 Å². The van der Waals surface area contributed by atoms with E-state index in [0.29, 0.717) is 204 Å². The van der Waals surface area contributed by atoms with E-state index < -0.39 is 24.6 Å². The Labute approximate surface area is 636 Å². The van der Waals surface area contributed by atoms with Gasteiger partial charge < -0.3 is 137 Å². The third-order valence-corrected chi connectivity index (χ3v) is 14.5. The van der Waals surface area contributed by atoms with E-state index in [1.165, 1.54) is 0 Å². The zero-order valence-electron chi connectivity index (χ0n) is 65.3. The van der Waals surface area contributed by atoms with Crippen LogP contribution < -0.4 is 14.2 Å². The highest BCUT2D eigenvalue weighted by atomic mass is 16.7. The number of methoxy groups -OCH3 is 6. The fourth-order valence-corrected chi connectivity index (χ4v) is 9.05. The zero-order chi connectivity index (χ0) is 76.4. The molecule has 29 nitrogen and oxygen atoms in total. The molecule has 107 heavy (non-hydrogen) atoms. The van der Waals surface area contributed by atoms with E-state index in [-0.39, 0.29) is 110 Å². The Kier molecular flexibility index (Phi) is 66.0. The molecule has 0 amide bonds. The van der Waals surface area contributed by atoms with Gasteiger partial charge in [0.15, 0.2) is 17.8 Å². The SMILES string of the molecule is CCOC(OCC)c1ccc(/C=C/c2ccc(/C=C/c3cc(OC(COCCOCCOCCOC)COCCOCCOCCOC)c(OC(COCCOCCOCCOC)COCCOCCOCCOC)c(OC(COCCOCCOCCOC)COCCOCCOCCOC)c3)cc2)cc1. The van der Waals surface area contributed by atoms with Crippen molar-refractivity contribution in [2.75, 3.05) is 333 Å². The van der Waals surface area contributed by atoms with Crippen molar-refractivity contribution >= 4 is 24.3 Å². The summed E-state index contributed by atoms with van der Waals surface area (Å²) in [6, 6.07) is 20.2. The highest BCUT2D eigenvalue weighted by Crippen LogP contribution is 2.42. The van der Waals surface area contributed by atoms with Gasteiger partial charge in [-0.05, 0) is 48.2 Å². The Bertz CT molecular complexity index is 2300. The van der Waals surface area contributed by atoms with Crippen molar-refractivity contribution in [2.45, 2.75) is 38.4 Å². The molecule has 616 valence electrons. The highest BCUT2D eigenvalue weighted by Gasteiger charge is 2.26. The number of ether oxygens (including phenoxy) is 29. The second-order valence-electron chi connectivity index (χ2n) is 23.1. The van der Waals surface area contributed by atoms with E-state index >= 15 is 0 Å². The molecule has 0 fully saturated rings. The van der Waals surface area contributed by atoms with Crippen molar-refractivity contribution < 1.29 is 137 Å². The summed E-state index contributed by atoms with van der Waals surface area (Å²) in [5.41, 5.74) is 4.61. The van der Waals surface area contributed by atoms with Gasteiger partial charge in [0, 0.05) is 61.4 Å². The molecule has 0 N–H and O–H groups in total. The van der Waals surface area contributed by atoms with Gasteiger partial charge in [-0.2, -0.15) is 0 Å². The molecule has 0 spiro atoms. The average molecular weight is 1530 g/mol. The minimum absolute atomic E-state index is 0.0538. The molecule has 3 rings (SSSR count). The van der Waals surface area contributed by atoms with Crippen LogP contribution in [0, 0.1) is 0 Å². The standard InChI is InChI=1S/C78H130O29/c1-9-103-78(104-10-2)71-21-19-69(20-22-71)16-15-67-11-13-68(14-12-67)17-18-70-59-75(105-72(61-97-53-47-91-41-35-85-29-23-79-3)62-98-54-48-92-42-36-86-30-24-80-4)77(107-74(65-101-57-51-95-45-39-89-33-27-83-7)66-102-58-52-96-46-40-90-34-28-84-8)76(60-70)106-73(63-99-55-49-93-43-37-87-31-25-81-5)64-100-56-50-94-44-38-88-32-26-82-6/h11-22,59-60,72-74,78H,9-10,23-58,61-66H2,1-8H3/b16-15+,18-17+. The summed E-state index contributed by atoms with van der Waals surface area (Å²) in [7, 11) is 9.77. The normalized spacial score (nSPS) is 12.0. The monoisotopic (exact) mass is 1530 g/mol. The Morgan fingerprint density at radius 3 is 0.654 bits per heavy atom. The summed E-state index contributed by atoms with van der Waals surface area (Å²) in [5, 5.41) is 0. The summed E-state index contributed by atoms with van der Waals surface area (Å²) < 4.78 is 170. The summed E-state index contributed by atoms with van der Waals surface area (Å²) in [5.74, 6) is 0.795. The van der Waals surface area contributed by atoms with Crippen molar-refractivity contribution in [1.82, 2.24) is 0 Å². The van der Waals surface area contributed by atoms with Crippen LogP contribution >= 0.6 is 0 Å². The van der Waals surface area contributed by atoms with Crippen molar-refractivity contribution in [1.29, 1.82) is 0 Å². The van der Waals surface area contributed by atoms with Crippen LogP contribution in [0.5, 0.6) is 17.2 Å². The summed E-state index contributed by atoms with van der Waals surface area (Å²) >= 11 is 0. The first-order valence-electron chi connectivity index (χ1n) is 37.2. The Balaban J connectivity index is 2.21. The predicted molar refractivity (Wildman–Crippen MR) is 402 cm³/mol. The van der Waals surface area contributed by atoms with Crippen LogP contribution in [0.15, 0.2) is 60.7 Å². The molecule has 0 aliphatic carbocycles. The maximum Gasteiger partial charge on any atom is 0.204 e. The molecule has 0 saturated carbocycles.